The molecule has 6 nitrogen and oxygen atoms in total. The number of pyridine rings is 1. The largest absolute Gasteiger partial charge is 0.447 e. The zero-order valence-electron chi connectivity index (χ0n) is 12.5. The molecular formula is C16H17N3O3S. The number of rotatable bonds is 6. The van der Waals surface area contributed by atoms with Crippen LogP contribution in [0.2, 0.25) is 0 Å². The lowest BCUT2D eigenvalue weighted by Gasteiger charge is -2.20. The number of ether oxygens (including phenoxy) is 1. The summed E-state index contributed by atoms with van der Waals surface area (Å²) in [6.45, 7) is 0.974. The first-order valence-electron chi connectivity index (χ1n) is 7.37. The summed E-state index contributed by atoms with van der Waals surface area (Å²) < 4.78 is 5.03. The second-order valence-corrected chi connectivity index (χ2v) is 6.19. The third kappa shape index (κ3) is 3.87. The Hall–Kier alpha value is -2.41. The van der Waals surface area contributed by atoms with E-state index in [0.29, 0.717) is 19.5 Å². The van der Waals surface area contributed by atoms with Crippen molar-refractivity contribution in [2.75, 3.05) is 13.2 Å². The van der Waals surface area contributed by atoms with Gasteiger partial charge in [-0.25, -0.2) is 4.79 Å². The molecule has 3 heterocycles. The highest BCUT2D eigenvalue weighted by Crippen LogP contribution is 2.19. The molecule has 2 amide bonds. The van der Waals surface area contributed by atoms with Gasteiger partial charge in [-0.05, 0) is 23.6 Å². The average Bonchev–Trinajstić information content (AvgIpc) is 3.20. The maximum atomic E-state index is 12.3. The van der Waals surface area contributed by atoms with Crippen LogP contribution in [0.4, 0.5) is 4.79 Å². The molecule has 0 aliphatic carbocycles. The molecule has 0 radical (unpaired) electrons. The third-order valence-corrected chi connectivity index (χ3v) is 4.45. The number of carbonyl (C=O) groups is 2. The van der Waals surface area contributed by atoms with Crippen molar-refractivity contribution in [2.45, 2.75) is 19.0 Å². The lowest BCUT2D eigenvalue weighted by atomic mass is 10.2. The van der Waals surface area contributed by atoms with Gasteiger partial charge in [-0.15, -0.1) is 11.3 Å². The van der Waals surface area contributed by atoms with Crippen LogP contribution in [0.15, 0.2) is 41.9 Å². The second-order valence-electron chi connectivity index (χ2n) is 5.16. The number of amides is 2. The molecule has 0 saturated carbocycles. The molecule has 1 saturated heterocycles. The van der Waals surface area contributed by atoms with E-state index in [1.165, 1.54) is 4.90 Å². The fourth-order valence-corrected chi connectivity index (χ4v) is 3.09. The lowest BCUT2D eigenvalue weighted by Crippen LogP contribution is -2.45. The topological polar surface area (TPSA) is 71.5 Å². The Morgan fingerprint density at radius 2 is 2.30 bits per heavy atom. The Morgan fingerprint density at radius 3 is 3.04 bits per heavy atom. The van der Waals surface area contributed by atoms with Gasteiger partial charge in [-0.3, -0.25) is 14.7 Å². The molecule has 1 N–H and O–H groups in total. The van der Waals surface area contributed by atoms with Crippen LogP contribution in [0.25, 0.3) is 0 Å². The summed E-state index contributed by atoms with van der Waals surface area (Å²) in [5.74, 6) is -0.191. The molecule has 1 aliphatic rings. The number of hydrogen-bond donors (Lipinski definition) is 1. The number of nitrogens with one attached hydrogen (secondary N) is 1. The zero-order chi connectivity index (χ0) is 16.1. The van der Waals surface area contributed by atoms with Gasteiger partial charge in [-0.1, -0.05) is 12.1 Å². The van der Waals surface area contributed by atoms with Gasteiger partial charge in [0, 0.05) is 29.7 Å². The molecule has 23 heavy (non-hydrogen) atoms. The van der Waals surface area contributed by atoms with Gasteiger partial charge >= 0.3 is 6.09 Å². The molecule has 120 valence electrons. The van der Waals surface area contributed by atoms with Crippen molar-refractivity contribution in [1.29, 1.82) is 0 Å². The molecule has 7 heteroatoms. The maximum absolute atomic E-state index is 12.3. The minimum Gasteiger partial charge on any atom is -0.447 e. The molecular weight excluding hydrogens is 314 g/mol. The minimum atomic E-state index is -0.576. The van der Waals surface area contributed by atoms with Crippen LogP contribution in [0.3, 0.4) is 0 Å². The second kappa shape index (κ2) is 7.23. The van der Waals surface area contributed by atoms with E-state index in [1.54, 1.807) is 17.5 Å². The Balaban J connectivity index is 1.54. The molecule has 1 atom stereocenters. The number of aromatic nitrogens is 1. The quantitative estimate of drug-likeness (QED) is 0.876. The number of carbonyl (C=O) groups excluding carboxylic acids is 2. The molecule has 0 spiro atoms. The Morgan fingerprint density at radius 1 is 1.39 bits per heavy atom. The van der Waals surface area contributed by atoms with E-state index < -0.39 is 12.1 Å². The van der Waals surface area contributed by atoms with E-state index in [4.69, 9.17) is 4.74 Å². The zero-order valence-corrected chi connectivity index (χ0v) is 13.3. The van der Waals surface area contributed by atoms with Crippen LogP contribution in [-0.2, 0) is 22.5 Å². The summed E-state index contributed by atoms with van der Waals surface area (Å²) in [6.07, 6.45) is 1.94. The van der Waals surface area contributed by atoms with Gasteiger partial charge in [0.05, 0.1) is 6.54 Å². The highest BCUT2D eigenvalue weighted by atomic mass is 32.1. The van der Waals surface area contributed by atoms with Crippen LogP contribution in [-0.4, -0.2) is 41.1 Å². The van der Waals surface area contributed by atoms with Crippen LogP contribution >= 0.6 is 11.3 Å². The van der Waals surface area contributed by atoms with Crippen molar-refractivity contribution >= 4 is 23.3 Å². The van der Waals surface area contributed by atoms with E-state index in [2.05, 4.69) is 10.3 Å². The summed E-state index contributed by atoms with van der Waals surface area (Å²) in [5, 5.41) is 4.80. The van der Waals surface area contributed by atoms with Crippen molar-refractivity contribution in [1.82, 2.24) is 15.2 Å². The monoisotopic (exact) mass is 331 g/mol. The van der Waals surface area contributed by atoms with Crippen molar-refractivity contribution in [3.05, 3.63) is 52.5 Å². The molecule has 0 aromatic carbocycles. The molecule has 2 aromatic rings. The van der Waals surface area contributed by atoms with Gasteiger partial charge in [0.2, 0.25) is 5.91 Å². The molecule has 1 fully saturated rings. The van der Waals surface area contributed by atoms with Gasteiger partial charge in [0.25, 0.3) is 0 Å². The van der Waals surface area contributed by atoms with Crippen molar-refractivity contribution < 1.29 is 14.3 Å². The molecule has 0 bridgehead atoms. The van der Waals surface area contributed by atoms with E-state index in [1.807, 2.05) is 35.7 Å². The highest BCUT2D eigenvalue weighted by molar-refractivity contribution is 7.09. The Bertz CT molecular complexity index is 660. The fourth-order valence-electron chi connectivity index (χ4n) is 2.39. The summed E-state index contributed by atoms with van der Waals surface area (Å²) in [4.78, 5) is 30.9. The summed E-state index contributed by atoms with van der Waals surface area (Å²) in [7, 11) is 0. The first-order chi connectivity index (χ1) is 11.2. The molecule has 2 aromatic heterocycles. The SMILES string of the molecule is O=C(NCCc1ccccn1)[C@@H]1COC(=O)N1Cc1cccs1. The van der Waals surface area contributed by atoms with Crippen LogP contribution in [0.5, 0.6) is 0 Å². The molecule has 1 aliphatic heterocycles. The first kappa shape index (κ1) is 15.5. The predicted molar refractivity (Wildman–Crippen MR) is 85.9 cm³/mol. The summed E-state index contributed by atoms with van der Waals surface area (Å²) in [6, 6.07) is 8.96. The van der Waals surface area contributed by atoms with Crippen molar-refractivity contribution in [2.24, 2.45) is 0 Å². The smallest absolute Gasteiger partial charge is 0.410 e. The van der Waals surface area contributed by atoms with Gasteiger partial charge < -0.3 is 10.1 Å². The van der Waals surface area contributed by atoms with E-state index in [0.717, 1.165) is 10.6 Å². The lowest BCUT2D eigenvalue weighted by molar-refractivity contribution is -0.124. The third-order valence-electron chi connectivity index (χ3n) is 3.59. The van der Waals surface area contributed by atoms with Crippen LogP contribution < -0.4 is 5.32 Å². The van der Waals surface area contributed by atoms with E-state index in [9.17, 15) is 9.59 Å². The number of thiophene rings is 1. The summed E-state index contributed by atoms with van der Waals surface area (Å²) in [5.41, 5.74) is 0.919. The minimum absolute atomic E-state index is 0.0969. The Kier molecular flexibility index (Phi) is 4.87. The highest BCUT2D eigenvalue weighted by Gasteiger charge is 2.37. The standard InChI is InChI=1S/C16H17N3O3S/c20-15(18-8-6-12-4-1-2-7-17-12)14-11-22-16(21)19(14)10-13-5-3-9-23-13/h1-5,7,9,14H,6,8,10-11H2,(H,18,20)/t14-/m0/s1. The van der Waals surface area contributed by atoms with Crippen molar-refractivity contribution in [3.63, 3.8) is 0 Å². The Labute approximate surface area is 138 Å². The maximum Gasteiger partial charge on any atom is 0.410 e. The molecule has 3 rings (SSSR count). The van der Waals surface area contributed by atoms with E-state index in [-0.39, 0.29) is 12.5 Å². The normalized spacial score (nSPS) is 17.1. The van der Waals surface area contributed by atoms with Crippen molar-refractivity contribution in [3.8, 4) is 0 Å². The number of hydrogen-bond acceptors (Lipinski definition) is 5. The van der Waals surface area contributed by atoms with Crippen LogP contribution in [0.1, 0.15) is 10.6 Å². The predicted octanol–water partition coefficient (Wildman–Crippen LogP) is 1.82. The first-order valence-corrected chi connectivity index (χ1v) is 8.25. The number of nitrogens with zero attached hydrogens (tertiary/aromatic N) is 2. The average molecular weight is 331 g/mol. The van der Waals surface area contributed by atoms with Crippen LogP contribution in [0, 0.1) is 0 Å². The fraction of sp³-hybridized carbons (Fsp3) is 0.312. The van der Waals surface area contributed by atoms with E-state index >= 15 is 0 Å². The molecule has 0 unspecified atom stereocenters. The summed E-state index contributed by atoms with van der Waals surface area (Å²) >= 11 is 1.55. The number of cyclic esters (lactones) is 1. The van der Waals surface area contributed by atoms with Gasteiger partial charge in [0.15, 0.2) is 0 Å². The van der Waals surface area contributed by atoms with Gasteiger partial charge in [0.1, 0.15) is 12.6 Å². The van der Waals surface area contributed by atoms with Gasteiger partial charge in [-0.2, -0.15) is 0 Å².